The first-order valence-electron chi connectivity index (χ1n) is 5.35. The Kier molecular flexibility index (Phi) is 1.95. The van der Waals surface area contributed by atoms with Gasteiger partial charge in [0, 0.05) is 12.1 Å². The Bertz CT molecular complexity index is 160. The molecule has 1 heterocycles. The van der Waals surface area contributed by atoms with E-state index in [1.807, 2.05) is 0 Å². The van der Waals surface area contributed by atoms with Gasteiger partial charge < -0.3 is 4.90 Å². The number of likely N-dealkylation sites (tertiary alicyclic amines) is 1. The van der Waals surface area contributed by atoms with Crippen LogP contribution >= 0.6 is 0 Å². The molecule has 4 atom stereocenters. The molecule has 12 heavy (non-hydrogen) atoms. The summed E-state index contributed by atoms with van der Waals surface area (Å²) in [5.74, 6) is 2.94. The van der Waals surface area contributed by atoms with Crippen molar-refractivity contribution in [3.05, 3.63) is 0 Å². The quantitative estimate of drug-likeness (QED) is 0.535. The van der Waals surface area contributed by atoms with Crippen molar-refractivity contribution in [1.29, 1.82) is 0 Å². The Hall–Kier alpha value is -0.0400. The number of rotatable bonds is 0. The van der Waals surface area contributed by atoms with Crippen LogP contribution in [0, 0.1) is 17.8 Å². The van der Waals surface area contributed by atoms with Crippen molar-refractivity contribution in [2.45, 2.75) is 45.7 Å². The number of hydrogen-bond acceptors (Lipinski definition) is 1. The van der Waals surface area contributed by atoms with Gasteiger partial charge in [-0.2, -0.15) is 0 Å². The lowest BCUT2D eigenvalue weighted by Gasteiger charge is -2.45. The number of nitrogens with zero attached hydrogens (tertiary/aromatic N) is 1. The molecule has 2 bridgehead atoms. The molecule has 0 N–H and O–H groups in total. The molecule has 0 aromatic heterocycles. The van der Waals surface area contributed by atoms with Crippen LogP contribution in [0.4, 0.5) is 0 Å². The van der Waals surface area contributed by atoms with Crippen LogP contribution in [0.1, 0.15) is 33.6 Å². The van der Waals surface area contributed by atoms with Gasteiger partial charge in [-0.15, -0.1) is 0 Å². The molecule has 2 fully saturated rings. The average molecular weight is 167 g/mol. The van der Waals surface area contributed by atoms with Gasteiger partial charge in [-0.05, 0) is 51.5 Å². The first kappa shape index (κ1) is 8.55. The van der Waals surface area contributed by atoms with Crippen LogP contribution in [-0.4, -0.2) is 24.0 Å². The summed E-state index contributed by atoms with van der Waals surface area (Å²) in [5, 5.41) is 0. The van der Waals surface area contributed by atoms with Gasteiger partial charge >= 0.3 is 0 Å². The van der Waals surface area contributed by atoms with E-state index >= 15 is 0 Å². The van der Waals surface area contributed by atoms with Crippen molar-refractivity contribution in [1.82, 2.24) is 4.90 Å². The monoisotopic (exact) mass is 167 g/mol. The number of hydrogen-bond donors (Lipinski definition) is 0. The zero-order valence-corrected chi connectivity index (χ0v) is 8.75. The number of piperidine rings is 1. The molecule has 2 rings (SSSR count). The normalized spacial score (nSPS) is 54.5. The third kappa shape index (κ3) is 0.953. The molecule has 1 saturated carbocycles. The predicted octanol–water partition coefficient (Wildman–Crippen LogP) is 2.37. The van der Waals surface area contributed by atoms with Gasteiger partial charge in [0.1, 0.15) is 0 Å². The Balaban J connectivity index is 2.23. The molecule has 4 unspecified atom stereocenters. The van der Waals surface area contributed by atoms with Gasteiger partial charge in [-0.25, -0.2) is 0 Å². The lowest BCUT2D eigenvalue weighted by atomic mass is 9.78. The molecule has 0 aromatic rings. The summed E-state index contributed by atoms with van der Waals surface area (Å²) in [6, 6.07) is 1.63. The van der Waals surface area contributed by atoms with E-state index in [1.165, 1.54) is 12.8 Å². The standard InChI is InChI=1S/C11H21N/c1-7-10-5-6-11(7)9(3)12(4)8(10)2/h7-11H,5-6H2,1-4H3. The molecular weight excluding hydrogens is 146 g/mol. The van der Waals surface area contributed by atoms with E-state index in [0.717, 1.165) is 29.8 Å². The lowest BCUT2D eigenvalue weighted by molar-refractivity contribution is 0.0347. The van der Waals surface area contributed by atoms with E-state index in [0.29, 0.717) is 0 Å². The maximum absolute atomic E-state index is 2.59. The van der Waals surface area contributed by atoms with E-state index < -0.39 is 0 Å². The molecule has 1 aliphatic carbocycles. The highest BCUT2D eigenvalue weighted by atomic mass is 15.2. The largest absolute Gasteiger partial charge is 0.300 e. The van der Waals surface area contributed by atoms with Crippen LogP contribution in [0.3, 0.4) is 0 Å². The molecule has 1 aliphatic heterocycles. The average Bonchev–Trinajstić information content (AvgIpc) is 2.38. The highest BCUT2D eigenvalue weighted by Crippen LogP contribution is 2.47. The molecule has 1 saturated heterocycles. The zero-order valence-electron chi connectivity index (χ0n) is 8.75. The molecule has 2 aliphatic rings. The summed E-state index contributed by atoms with van der Waals surface area (Å²) in [6.45, 7) is 7.26. The fourth-order valence-electron chi connectivity index (χ4n) is 3.56. The maximum Gasteiger partial charge on any atom is 0.00977 e. The summed E-state index contributed by atoms with van der Waals surface area (Å²) >= 11 is 0. The first-order valence-corrected chi connectivity index (χ1v) is 5.35. The minimum atomic E-state index is 0.814. The van der Waals surface area contributed by atoms with E-state index in [2.05, 4.69) is 32.7 Å². The topological polar surface area (TPSA) is 3.24 Å². The third-order valence-electron chi connectivity index (χ3n) is 4.71. The van der Waals surface area contributed by atoms with Crippen LogP contribution in [0.2, 0.25) is 0 Å². The molecular formula is C11H21N. The van der Waals surface area contributed by atoms with Gasteiger partial charge in [0.15, 0.2) is 0 Å². The van der Waals surface area contributed by atoms with E-state index in [9.17, 15) is 0 Å². The predicted molar refractivity (Wildman–Crippen MR) is 52.1 cm³/mol. The smallest absolute Gasteiger partial charge is 0.00977 e. The highest BCUT2D eigenvalue weighted by Gasteiger charge is 2.46. The van der Waals surface area contributed by atoms with E-state index in [1.54, 1.807) is 0 Å². The van der Waals surface area contributed by atoms with Crippen molar-refractivity contribution in [2.24, 2.45) is 17.8 Å². The van der Waals surface area contributed by atoms with Crippen molar-refractivity contribution < 1.29 is 0 Å². The van der Waals surface area contributed by atoms with Gasteiger partial charge in [-0.1, -0.05) is 6.92 Å². The Labute approximate surface area is 76.1 Å². The second-order valence-corrected chi connectivity index (χ2v) is 4.91. The van der Waals surface area contributed by atoms with Crippen LogP contribution < -0.4 is 0 Å². The summed E-state index contributed by atoms with van der Waals surface area (Å²) in [4.78, 5) is 2.59. The van der Waals surface area contributed by atoms with Crippen molar-refractivity contribution in [3.8, 4) is 0 Å². The molecule has 70 valence electrons. The van der Waals surface area contributed by atoms with Gasteiger partial charge in [0.25, 0.3) is 0 Å². The minimum absolute atomic E-state index is 0.814. The Morgan fingerprint density at radius 1 is 0.917 bits per heavy atom. The fourth-order valence-corrected chi connectivity index (χ4v) is 3.56. The summed E-state index contributed by atoms with van der Waals surface area (Å²) in [7, 11) is 2.30. The second-order valence-electron chi connectivity index (χ2n) is 4.91. The lowest BCUT2D eigenvalue weighted by Crippen LogP contribution is -2.50. The van der Waals surface area contributed by atoms with Crippen LogP contribution in [0.5, 0.6) is 0 Å². The molecule has 1 nitrogen and oxygen atoms in total. The second kappa shape index (κ2) is 2.73. The minimum Gasteiger partial charge on any atom is -0.300 e. The van der Waals surface area contributed by atoms with Crippen LogP contribution in [-0.2, 0) is 0 Å². The fraction of sp³-hybridized carbons (Fsp3) is 1.00. The molecule has 0 amide bonds. The third-order valence-corrected chi connectivity index (χ3v) is 4.71. The summed E-state index contributed by atoms with van der Waals surface area (Å²) < 4.78 is 0. The van der Waals surface area contributed by atoms with Crippen LogP contribution in [0.25, 0.3) is 0 Å². The van der Waals surface area contributed by atoms with Crippen molar-refractivity contribution >= 4 is 0 Å². The van der Waals surface area contributed by atoms with Crippen LogP contribution in [0.15, 0.2) is 0 Å². The summed E-state index contributed by atoms with van der Waals surface area (Å²) in [5.41, 5.74) is 0. The van der Waals surface area contributed by atoms with Crippen molar-refractivity contribution in [3.63, 3.8) is 0 Å². The van der Waals surface area contributed by atoms with Gasteiger partial charge in [-0.3, -0.25) is 0 Å². The van der Waals surface area contributed by atoms with Gasteiger partial charge in [0.2, 0.25) is 0 Å². The highest BCUT2D eigenvalue weighted by molar-refractivity contribution is 4.98. The maximum atomic E-state index is 2.59. The number of fused-ring (bicyclic) bond motifs is 2. The van der Waals surface area contributed by atoms with E-state index in [4.69, 9.17) is 0 Å². The van der Waals surface area contributed by atoms with Crippen molar-refractivity contribution in [2.75, 3.05) is 7.05 Å². The zero-order chi connectivity index (χ0) is 8.88. The SMILES string of the molecule is CC1C2CCC1C(C)N(C)C2C. The first-order chi connectivity index (χ1) is 5.63. The molecule has 0 aromatic carbocycles. The molecule has 1 heteroatoms. The molecule has 0 spiro atoms. The Morgan fingerprint density at radius 3 is 1.75 bits per heavy atom. The summed E-state index contributed by atoms with van der Waals surface area (Å²) in [6.07, 6.45) is 2.95. The van der Waals surface area contributed by atoms with Gasteiger partial charge in [0.05, 0.1) is 0 Å². The van der Waals surface area contributed by atoms with E-state index in [-0.39, 0.29) is 0 Å². The molecule has 0 radical (unpaired) electrons. The Morgan fingerprint density at radius 2 is 1.33 bits per heavy atom.